The number of halogens is 1. The number of aromatic hydroxyl groups is 1. The minimum Gasteiger partial charge on any atom is -0.505 e. The summed E-state index contributed by atoms with van der Waals surface area (Å²) in [5.41, 5.74) is -1.48. The molecule has 0 fully saturated rings. The van der Waals surface area contributed by atoms with Crippen LogP contribution in [0.3, 0.4) is 0 Å². The predicted octanol–water partition coefficient (Wildman–Crippen LogP) is 3.69. The summed E-state index contributed by atoms with van der Waals surface area (Å²) < 4.78 is 157. The molecule has 0 unspecified atom stereocenters. The van der Waals surface area contributed by atoms with Gasteiger partial charge in [0.15, 0.2) is 15.6 Å². The van der Waals surface area contributed by atoms with Crippen LogP contribution in [0.4, 0.5) is 34.6 Å². The normalized spacial score (nSPS) is 13.0. The van der Waals surface area contributed by atoms with E-state index in [1.54, 1.807) is 0 Å². The summed E-state index contributed by atoms with van der Waals surface area (Å²) in [5, 5.41) is 22.7. The quantitative estimate of drug-likeness (QED) is 0.0655. The Hall–Kier alpha value is -4.97. The maximum atomic E-state index is 12.4. The molecular weight excluding hydrogens is 858 g/mol. The first-order valence-corrected chi connectivity index (χ1v) is 22.3. The Morgan fingerprint density at radius 3 is 1.84 bits per heavy atom. The maximum absolute atomic E-state index is 12.4. The monoisotopic (exact) mass is 879 g/mol. The summed E-state index contributed by atoms with van der Waals surface area (Å²) in [4.78, 5) is 8.93. The van der Waals surface area contributed by atoms with Gasteiger partial charge in [0.2, 0.25) is 17.2 Å². The molecule has 0 bridgehead atoms. The highest BCUT2D eigenvalue weighted by Crippen LogP contribution is 2.45. The highest BCUT2D eigenvalue weighted by atomic mass is 35.5. The van der Waals surface area contributed by atoms with Gasteiger partial charge in [-0.05, 0) is 77.7 Å². The Bertz CT molecular complexity index is 2970. The van der Waals surface area contributed by atoms with Crippen LogP contribution >= 0.6 is 11.6 Å². The number of phenolic OH excluding ortho intramolecular Hbond substituents is 1. The van der Waals surface area contributed by atoms with Crippen LogP contribution in [0.2, 0.25) is 5.28 Å². The molecule has 292 valence electrons. The summed E-state index contributed by atoms with van der Waals surface area (Å²) in [5.74, 6) is -3.90. The van der Waals surface area contributed by atoms with Crippen LogP contribution < -0.4 is 10.6 Å². The van der Waals surface area contributed by atoms with Crippen molar-refractivity contribution in [2.75, 3.05) is 22.1 Å². The number of nitrogens with zero attached hydrogens (tertiary/aromatic N) is 5. The molecule has 55 heavy (non-hydrogen) atoms. The van der Waals surface area contributed by atoms with Crippen molar-refractivity contribution >= 4 is 107 Å². The van der Waals surface area contributed by atoms with Crippen molar-refractivity contribution in [2.45, 2.75) is 19.6 Å². The van der Waals surface area contributed by atoms with E-state index >= 15 is 0 Å². The van der Waals surface area contributed by atoms with Gasteiger partial charge in [-0.3, -0.25) is 18.2 Å². The molecule has 0 aliphatic carbocycles. The Labute approximate surface area is 315 Å². The number of fused-ring (bicyclic) bond motifs is 1. The lowest BCUT2D eigenvalue weighted by Gasteiger charge is -2.15. The summed E-state index contributed by atoms with van der Waals surface area (Å²) in [6.07, 6.45) is 0. The predicted molar refractivity (Wildman–Crippen MR) is 192 cm³/mol. The van der Waals surface area contributed by atoms with Crippen molar-refractivity contribution in [3.05, 3.63) is 72.0 Å². The number of azo groups is 1. The molecule has 7 N–H and O–H groups in total. The molecule has 28 heteroatoms. The summed E-state index contributed by atoms with van der Waals surface area (Å²) >= 11 is 6.05. The number of phenols is 1. The largest absolute Gasteiger partial charge is 0.505 e. The van der Waals surface area contributed by atoms with Crippen molar-refractivity contribution < 1.29 is 65.4 Å². The summed E-state index contributed by atoms with van der Waals surface area (Å²) in [6, 6.07) is 11.1. The molecule has 5 rings (SSSR count). The molecule has 0 atom stereocenters. The van der Waals surface area contributed by atoms with Crippen LogP contribution in [0.15, 0.2) is 96.5 Å². The number of hydrogen-bond donors (Lipinski definition) is 7. The van der Waals surface area contributed by atoms with Gasteiger partial charge in [-0.1, -0.05) is 6.07 Å². The van der Waals surface area contributed by atoms with Crippen LogP contribution in [-0.2, 0) is 50.3 Å². The van der Waals surface area contributed by atoms with Gasteiger partial charge in [0.25, 0.3) is 40.5 Å². The van der Waals surface area contributed by atoms with Gasteiger partial charge in [-0.2, -0.15) is 53.7 Å². The van der Waals surface area contributed by atoms with Crippen LogP contribution in [0.1, 0.15) is 0 Å². The van der Waals surface area contributed by atoms with E-state index in [0.717, 1.165) is 48.5 Å². The SMILES string of the molecule is O=S(=O)(O)CCS(=O)(=O)c1ccc(N=Nc2c(S(=O)(=O)O)cc3cc(S(=O)(=O)O)cc(Nc4nc(Cl)nc(Nc5cccc(S(=O)(=O)O)c5)n4)c3c2O)cc1. The molecule has 0 spiro atoms. The number of nitrogens with one attached hydrogen (secondary N) is 2. The van der Waals surface area contributed by atoms with E-state index in [0.29, 0.717) is 6.07 Å². The van der Waals surface area contributed by atoms with E-state index in [4.69, 9.17) is 16.2 Å². The number of hydrogen-bond acceptors (Lipinski definition) is 18. The first-order valence-electron chi connectivity index (χ1n) is 14.3. The third kappa shape index (κ3) is 10.2. The van der Waals surface area contributed by atoms with Crippen molar-refractivity contribution in [1.82, 2.24) is 15.0 Å². The lowest BCUT2D eigenvalue weighted by atomic mass is 10.1. The van der Waals surface area contributed by atoms with Crippen molar-refractivity contribution in [2.24, 2.45) is 10.2 Å². The van der Waals surface area contributed by atoms with Gasteiger partial charge < -0.3 is 15.7 Å². The van der Waals surface area contributed by atoms with Crippen molar-refractivity contribution in [1.29, 1.82) is 0 Å². The zero-order valence-electron chi connectivity index (χ0n) is 26.7. The fraction of sp³-hybridized carbons (Fsp3) is 0.0741. The van der Waals surface area contributed by atoms with E-state index in [9.17, 15) is 60.9 Å². The standard InChI is InChI=1S/C27H22ClN7O15S5/c28-25-31-26(29-16-2-1-3-18(12-16)53(42,43)44)33-27(32-25)30-20-13-19(54(45,46)47)10-14-11-21(55(48,49)50)23(24(36)22(14)20)35-34-15-4-6-17(7-5-15)51(37,38)8-9-52(39,40)41/h1-7,10-13,36H,8-9H2,(H,39,40,41)(H,42,43,44)(H,45,46,47)(H,48,49,50)(H2,29,30,31,32,33). The Kier molecular flexibility index (Phi) is 11.2. The second kappa shape index (κ2) is 14.9. The van der Waals surface area contributed by atoms with Crippen molar-refractivity contribution in [3.8, 4) is 5.75 Å². The molecule has 4 aromatic carbocycles. The van der Waals surface area contributed by atoms with Gasteiger partial charge in [0.1, 0.15) is 10.6 Å². The van der Waals surface area contributed by atoms with Crippen molar-refractivity contribution in [3.63, 3.8) is 0 Å². The van der Waals surface area contributed by atoms with Crippen LogP contribution in [-0.4, -0.2) is 91.9 Å². The third-order valence-electron chi connectivity index (χ3n) is 7.01. The summed E-state index contributed by atoms with van der Waals surface area (Å²) in [7, 11) is -23.7. The smallest absolute Gasteiger partial charge is 0.296 e. The lowest BCUT2D eigenvalue weighted by Crippen LogP contribution is -2.16. The average molecular weight is 880 g/mol. The molecule has 22 nitrogen and oxygen atoms in total. The summed E-state index contributed by atoms with van der Waals surface area (Å²) in [6.45, 7) is 0. The van der Waals surface area contributed by atoms with Gasteiger partial charge in [0.05, 0.1) is 37.6 Å². The van der Waals surface area contributed by atoms with Crippen LogP contribution in [0.5, 0.6) is 5.75 Å². The fourth-order valence-electron chi connectivity index (χ4n) is 4.61. The molecule has 0 radical (unpaired) electrons. The fourth-order valence-corrected chi connectivity index (χ4v) is 9.00. The highest BCUT2D eigenvalue weighted by Gasteiger charge is 2.26. The number of anilines is 4. The second-order valence-electron chi connectivity index (χ2n) is 10.9. The first-order chi connectivity index (χ1) is 25.3. The van der Waals surface area contributed by atoms with E-state index in [-0.39, 0.29) is 22.2 Å². The van der Waals surface area contributed by atoms with Gasteiger partial charge in [-0.25, -0.2) is 8.42 Å². The number of benzene rings is 4. The molecular formula is C27H22ClN7O15S5. The van der Waals surface area contributed by atoms with Crippen LogP contribution in [0.25, 0.3) is 10.8 Å². The second-order valence-corrected chi connectivity index (χ2v) is 19.1. The molecule has 0 aliphatic rings. The first kappa shape index (κ1) is 41.2. The van der Waals surface area contributed by atoms with E-state index in [1.807, 2.05) is 0 Å². The lowest BCUT2D eigenvalue weighted by molar-refractivity contribution is 0.472. The van der Waals surface area contributed by atoms with Gasteiger partial charge >= 0.3 is 0 Å². The Morgan fingerprint density at radius 1 is 0.636 bits per heavy atom. The average Bonchev–Trinajstić information content (AvgIpc) is 3.05. The van der Waals surface area contributed by atoms with Gasteiger partial charge in [-0.15, -0.1) is 5.11 Å². The molecule has 0 saturated heterocycles. The van der Waals surface area contributed by atoms with E-state index in [1.165, 1.54) is 12.1 Å². The zero-order chi connectivity index (χ0) is 40.7. The molecule has 1 heterocycles. The number of rotatable bonds is 13. The van der Waals surface area contributed by atoms with E-state index in [2.05, 4.69) is 35.8 Å². The molecule has 1 aromatic heterocycles. The topological polar surface area (TPSA) is 359 Å². The highest BCUT2D eigenvalue weighted by molar-refractivity contribution is 7.93. The van der Waals surface area contributed by atoms with E-state index < -0.39 is 116 Å². The Morgan fingerprint density at radius 2 is 1.25 bits per heavy atom. The third-order valence-corrected chi connectivity index (χ3v) is 12.4. The minimum atomic E-state index is -5.28. The molecule has 5 aromatic rings. The number of sulfone groups is 1. The molecule has 0 amide bonds. The number of aromatic nitrogens is 3. The van der Waals surface area contributed by atoms with Gasteiger partial charge in [0, 0.05) is 11.1 Å². The molecule has 0 saturated carbocycles. The maximum Gasteiger partial charge on any atom is 0.296 e. The Balaban J connectivity index is 1.61. The van der Waals surface area contributed by atoms with Crippen LogP contribution in [0, 0.1) is 0 Å². The zero-order valence-corrected chi connectivity index (χ0v) is 31.6. The minimum absolute atomic E-state index is 0.0426. The molecule has 0 aliphatic heterocycles.